The number of hydrogen-bond donors (Lipinski definition) is 1. The standard InChI is InChI=1S/C17H22N2O3/c1-12(18-11-20)9-13-10-19(16(21)22-17(2,3)4)15-8-6-5-7-14(13)15/h5-8,10-12H,9H2,1-4H3,(H,18,20). The minimum absolute atomic E-state index is 0.00427. The fourth-order valence-electron chi connectivity index (χ4n) is 2.38. The molecule has 0 aliphatic heterocycles. The molecule has 2 rings (SSSR count). The Morgan fingerprint density at radius 2 is 2.05 bits per heavy atom. The molecule has 1 aromatic heterocycles. The fraction of sp³-hybridized carbons (Fsp3) is 0.412. The van der Waals surface area contributed by atoms with Crippen molar-refractivity contribution in [3.8, 4) is 0 Å². The van der Waals surface area contributed by atoms with Gasteiger partial charge in [0.15, 0.2) is 0 Å². The summed E-state index contributed by atoms with van der Waals surface area (Å²) in [4.78, 5) is 22.9. The summed E-state index contributed by atoms with van der Waals surface area (Å²) in [5, 5.41) is 3.72. The Labute approximate surface area is 130 Å². The number of hydrogen-bond acceptors (Lipinski definition) is 3. The second-order valence-corrected chi connectivity index (χ2v) is 6.41. The summed E-state index contributed by atoms with van der Waals surface area (Å²) >= 11 is 0. The molecule has 1 amide bonds. The maximum atomic E-state index is 12.4. The molecule has 5 heteroatoms. The minimum Gasteiger partial charge on any atom is -0.443 e. The van der Waals surface area contributed by atoms with Gasteiger partial charge in [0, 0.05) is 17.6 Å². The van der Waals surface area contributed by atoms with Crippen molar-refractivity contribution in [3.05, 3.63) is 36.0 Å². The van der Waals surface area contributed by atoms with Crippen LogP contribution in [0.5, 0.6) is 0 Å². The average molecular weight is 302 g/mol. The average Bonchev–Trinajstić information content (AvgIpc) is 2.76. The number of nitrogens with zero attached hydrogens (tertiary/aromatic N) is 1. The van der Waals surface area contributed by atoms with Crippen molar-refractivity contribution in [2.24, 2.45) is 0 Å². The van der Waals surface area contributed by atoms with Gasteiger partial charge in [-0.15, -0.1) is 0 Å². The van der Waals surface area contributed by atoms with Crippen molar-refractivity contribution in [1.82, 2.24) is 9.88 Å². The predicted octanol–water partition coefficient (Wildman–Crippen LogP) is 3.10. The maximum Gasteiger partial charge on any atom is 0.419 e. The number of fused-ring (bicyclic) bond motifs is 1. The molecule has 0 saturated carbocycles. The minimum atomic E-state index is -0.547. The zero-order valence-corrected chi connectivity index (χ0v) is 13.4. The Hall–Kier alpha value is -2.30. The Bertz CT molecular complexity index is 683. The number of carbonyl (C=O) groups is 2. The van der Waals surface area contributed by atoms with E-state index in [1.54, 1.807) is 6.20 Å². The molecule has 0 saturated heterocycles. The first-order valence-corrected chi connectivity index (χ1v) is 7.34. The van der Waals surface area contributed by atoms with Crippen LogP contribution in [0.2, 0.25) is 0 Å². The Balaban J connectivity index is 2.39. The zero-order chi connectivity index (χ0) is 16.3. The summed E-state index contributed by atoms with van der Waals surface area (Å²) < 4.78 is 6.98. The highest BCUT2D eigenvalue weighted by molar-refractivity contribution is 5.92. The second-order valence-electron chi connectivity index (χ2n) is 6.41. The normalized spacial score (nSPS) is 12.9. The van der Waals surface area contributed by atoms with Crippen molar-refractivity contribution < 1.29 is 14.3 Å². The molecule has 0 bridgehead atoms. The lowest BCUT2D eigenvalue weighted by molar-refractivity contribution is -0.110. The highest BCUT2D eigenvalue weighted by Crippen LogP contribution is 2.23. The quantitative estimate of drug-likeness (QED) is 0.883. The van der Waals surface area contributed by atoms with E-state index in [9.17, 15) is 9.59 Å². The third-order valence-corrected chi connectivity index (χ3v) is 3.26. The number of rotatable bonds is 4. The number of aromatic nitrogens is 1. The molecule has 0 aliphatic rings. The highest BCUT2D eigenvalue weighted by Gasteiger charge is 2.21. The van der Waals surface area contributed by atoms with Crippen LogP contribution in [0.4, 0.5) is 4.79 Å². The molecule has 1 atom stereocenters. The molecular formula is C17H22N2O3. The van der Waals surface area contributed by atoms with Crippen molar-refractivity contribution >= 4 is 23.4 Å². The van der Waals surface area contributed by atoms with Crippen LogP contribution in [-0.2, 0) is 16.0 Å². The number of benzene rings is 1. The van der Waals surface area contributed by atoms with E-state index in [0.717, 1.165) is 16.5 Å². The van der Waals surface area contributed by atoms with Crippen molar-refractivity contribution in [2.45, 2.75) is 45.8 Å². The van der Waals surface area contributed by atoms with Crippen molar-refractivity contribution in [1.29, 1.82) is 0 Å². The van der Waals surface area contributed by atoms with Gasteiger partial charge >= 0.3 is 6.09 Å². The molecular weight excluding hydrogens is 280 g/mol. The lowest BCUT2D eigenvalue weighted by atomic mass is 10.1. The Morgan fingerprint density at radius 1 is 1.36 bits per heavy atom. The number of nitrogens with one attached hydrogen (secondary N) is 1. The number of ether oxygens (including phenoxy) is 1. The van der Waals surface area contributed by atoms with Gasteiger partial charge in [0.1, 0.15) is 5.60 Å². The lowest BCUT2D eigenvalue weighted by Gasteiger charge is -2.19. The summed E-state index contributed by atoms with van der Waals surface area (Å²) in [5.41, 5.74) is 1.27. The van der Waals surface area contributed by atoms with Gasteiger partial charge < -0.3 is 10.1 Å². The SMILES string of the molecule is CC(Cc1cn(C(=O)OC(C)(C)C)c2ccccc12)NC=O. The fourth-order valence-corrected chi connectivity index (χ4v) is 2.38. The first-order valence-electron chi connectivity index (χ1n) is 7.34. The number of carbonyl (C=O) groups excluding carboxylic acids is 2. The van der Waals surface area contributed by atoms with Crippen LogP contribution in [0.3, 0.4) is 0 Å². The summed E-state index contributed by atoms with van der Waals surface area (Å²) in [6, 6.07) is 7.68. The van der Waals surface area contributed by atoms with Crippen molar-refractivity contribution in [2.75, 3.05) is 0 Å². The summed E-state index contributed by atoms with van der Waals surface area (Å²) in [6.45, 7) is 7.45. The van der Waals surface area contributed by atoms with Crippen LogP contribution < -0.4 is 5.32 Å². The molecule has 0 aliphatic carbocycles. The molecule has 0 spiro atoms. The van der Waals surface area contributed by atoms with Gasteiger partial charge in [0.2, 0.25) is 6.41 Å². The van der Waals surface area contributed by atoms with Gasteiger partial charge in [0.25, 0.3) is 0 Å². The second kappa shape index (κ2) is 6.22. The van der Waals surface area contributed by atoms with Gasteiger partial charge in [0.05, 0.1) is 5.52 Å². The molecule has 0 radical (unpaired) electrons. The van der Waals surface area contributed by atoms with E-state index in [1.165, 1.54) is 4.57 Å². The van der Waals surface area contributed by atoms with Crippen LogP contribution in [0.1, 0.15) is 33.3 Å². The van der Waals surface area contributed by atoms with E-state index >= 15 is 0 Å². The van der Waals surface area contributed by atoms with Gasteiger partial charge in [-0.2, -0.15) is 0 Å². The molecule has 1 heterocycles. The molecule has 118 valence electrons. The van der Waals surface area contributed by atoms with Gasteiger partial charge in [-0.1, -0.05) is 18.2 Å². The Morgan fingerprint density at radius 3 is 2.68 bits per heavy atom. The van der Waals surface area contributed by atoms with E-state index < -0.39 is 11.7 Å². The summed E-state index contributed by atoms with van der Waals surface area (Å²) in [5.74, 6) is 0. The molecule has 0 fully saturated rings. The van der Waals surface area contributed by atoms with E-state index in [1.807, 2.05) is 52.0 Å². The number of para-hydroxylation sites is 1. The predicted molar refractivity (Wildman–Crippen MR) is 85.9 cm³/mol. The molecule has 5 nitrogen and oxygen atoms in total. The topological polar surface area (TPSA) is 60.3 Å². The number of amides is 1. The van der Waals surface area contributed by atoms with E-state index in [-0.39, 0.29) is 6.04 Å². The molecule has 1 N–H and O–H groups in total. The van der Waals surface area contributed by atoms with Crippen LogP contribution in [0.15, 0.2) is 30.5 Å². The van der Waals surface area contributed by atoms with Gasteiger partial charge in [-0.05, 0) is 45.7 Å². The van der Waals surface area contributed by atoms with Gasteiger partial charge in [-0.25, -0.2) is 4.79 Å². The summed E-state index contributed by atoms with van der Waals surface area (Å²) in [6.07, 6.45) is 2.74. The van der Waals surface area contributed by atoms with Gasteiger partial charge in [-0.3, -0.25) is 9.36 Å². The molecule has 1 aromatic carbocycles. The first kappa shape index (κ1) is 16.1. The largest absolute Gasteiger partial charge is 0.443 e. The van der Waals surface area contributed by atoms with Crippen LogP contribution >= 0.6 is 0 Å². The highest BCUT2D eigenvalue weighted by atomic mass is 16.6. The molecule has 1 unspecified atom stereocenters. The smallest absolute Gasteiger partial charge is 0.419 e. The van der Waals surface area contributed by atoms with E-state index in [0.29, 0.717) is 12.8 Å². The van der Waals surface area contributed by atoms with Crippen LogP contribution in [0.25, 0.3) is 10.9 Å². The lowest BCUT2D eigenvalue weighted by Crippen LogP contribution is -2.27. The monoisotopic (exact) mass is 302 g/mol. The third-order valence-electron chi connectivity index (χ3n) is 3.26. The Kier molecular flexibility index (Phi) is 4.54. The third kappa shape index (κ3) is 3.67. The van der Waals surface area contributed by atoms with E-state index in [4.69, 9.17) is 4.74 Å². The van der Waals surface area contributed by atoms with E-state index in [2.05, 4.69) is 5.32 Å². The zero-order valence-electron chi connectivity index (χ0n) is 13.4. The summed E-state index contributed by atoms with van der Waals surface area (Å²) in [7, 11) is 0. The van der Waals surface area contributed by atoms with Crippen molar-refractivity contribution in [3.63, 3.8) is 0 Å². The van der Waals surface area contributed by atoms with Crippen LogP contribution in [0, 0.1) is 0 Å². The van der Waals surface area contributed by atoms with Crippen LogP contribution in [-0.4, -0.2) is 28.7 Å². The molecule has 2 aromatic rings. The molecule has 22 heavy (non-hydrogen) atoms. The maximum absolute atomic E-state index is 12.4. The first-order chi connectivity index (χ1) is 10.3.